The minimum Gasteiger partial charge on any atom is -0.376 e. The molecule has 144 valence electrons. The average molecular weight is 388 g/mol. The Bertz CT molecular complexity index is 861. The summed E-state index contributed by atoms with van der Waals surface area (Å²) in [5, 5.41) is 2.79. The molecule has 0 spiro atoms. The van der Waals surface area contributed by atoms with Crippen LogP contribution in [0.1, 0.15) is 18.4 Å². The van der Waals surface area contributed by atoms with E-state index in [1.54, 1.807) is 30.3 Å². The van der Waals surface area contributed by atoms with E-state index in [4.69, 9.17) is 4.74 Å². The molecule has 3 rings (SSSR count). The van der Waals surface area contributed by atoms with Gasteiger partial charge in [-0.3, -0.25) is 9.10 Å². The van der Waals surface area contributed by atoms with Gasteiger partial charge in [0.25, 0.3) is 10.0 Å². The van der Waals surface area contributed by atoms with Gasteiger partial charge >= 0.3 is 0 Å². The van der Waals surface area contributed by atoms with Crippen molar-refractivity contribution < 1.29 is 17.9 Å². The van der Waals surface area contributed by atoms with Gasteiger partial charge in [-0.2, -0.15) is 0 Å². The Morgan fingerprint density at radius 1 is 1.15 bits per heavy atom. The number of rotatable bonds is 7. The second-order valence-electron chi connectivity index (χ2n) is 6.60. The van der Waals surface area contributed by atoms with Crippen molar-refractivity contribution in [2.75, 3.05) is 24.0 Å². The van der Waals surface area contributed by atoms with Crippen LogP contribution in [0.5, 0.6) is 0 Å². The van der Waals surface area contributed by atoms with Gasteiger partial charge in [-0.1, -0.05) is 35.9 Å². The SMILES string of the molecule is Cc1ccc(N(CC(=O)NC[C@@H]2CCCO2)S(=O)(=O)c2ccccc2)cc1. The minimum absolute atomic E-state index is 0.00695. The number of nitrogens with zero attached hydrogens (tertiary/aromatic N) is 1. The Hall–Kier alpha value is -2.38. The zero-order valence-corrected chi connectivity index (χ0v) is 16.1. The van der Waals surface area contributed by atoms with Gasteiger partial charge in [0, 0.05) is 13.2 Å². The van der Waals surface area contributed by atoms with E-state index in [0.717, 1.165) is 22.7 Å². The molecular formula is C20H24N2O4S. The lowest BCUT2D eigenvalue weighted by Gasteiger charge is -2.24. The van der Waals surface area contributed by atoms with E-state index in [2.05, 4.69) is 5.32 Å². The molecule has 1 amide bonds. The van der Waals surface area contributed by atoms with Crippen molar-refractivity contribution in [3.05, 3.63) is 60.2 Å². The molecule has 1 fully saturated rings. The number of aryl methyl sites for hydroxylation is 1. The molecule has 0 saturated carbocycles. The van der Waals surface area contributed by atoms with Crippen LogP contribution in [0.4, 0.5) is 5.69 Å². The highest BCUT2D eigenvalue weighted by Crippen LogP contribution is 2.23. The van der Waals surface area contributed by atoms with Crippen LogP contribution in [-0.4, -0.2) is 40.1 Å². The maximum absolute atomic E-state index is 13.1. The third-order valence-electron chi connectivity index (χ3n) is 4.49. The van der Waals surface area contributed by atoms with Gasteiger partial charge in [0.1, 0.15) is 6.54 Å². The van der Waals surface area contributed by atoms with Crippen LogP contribution >= 0.6 is 0 Å². The molecule has 0 bridgehead atoms. The van der Waals surface area contributed by atoms with Gasteiger partial charge in [0.2, 0.25) is 5.91 Å². The second-order valence-corrected chi connectivity index (χ2v) is 8.46. The topological polar surface area (TPSA) is 75.7 Å². The number of benzene rings is 2. The summed E-state index contributed by atoms with van der Waals surface area (Å²) < 4.78 is 32.9. The normalized spacial score (nSPS) is 16.9. The number of anilines is 1. The fraction of sp³-hybridized carbons (Fsp3) is 0.350. The summed E-state index contributed by atoms with van der Waals surface area (Å²) in [4.78, 5) is 12.6. The number of hydrogen-bond acceptors (Lipinski definition) is 4. The summed E-state index contributed by atoms with van der Waals surface area (Å²) in [5.41, 5.74) is 1.47. The van der Waals surface area contributed by atoms with Gasteiger partial charge in [-0.05, 0) is 44.0 Å². The van der Waals surface area contributed by atoms with Crippen LogP contribution in [0, 0.1) is 6.92 Å². The molecule has 1 heterocycles. The van der Waals surface area contributed by atoms with E-state index in [0.29, 0.717) is 18.8 Å². The zero-order valence-electron chi connectivity index (χ0n) is 15.3. The number of ether oxygens (including phenoxy) is 1. The maximum Gasteiger partial charge on any atom is 0.264 e. The number of carbonyl (C=O) groups is 1. The molecule has 0 aliphatic carbocycles. The first-order chi connectivity index (χ1) is 13.0. The number of carbonyl (C=O) groups excluding carboxylic acids is 1. The van der Waals surface area contributed by atoms with Gasteiger partial charge in [-0.25, -0.2) is 8.42 Å². The van der Waals surface area contributed by atoms with Gasteiger partial charge < -0.3 is 10.1 Å². The van der Waals surface area contributed by atoms with E-state index < -0.39 is 10.0 Å². The number of hydrogen-bond donors (Lipinski definition) is 1. The Labute approximate surface area is 160 Å². The van der Waals surface area contributed by atoms with Crippen molar-refractivity contribution in [3.8, 4) is 0 Å². The predicted molar refractivity (Wildman–Crippen MR) is 104 cm³/mol. The van der Waals surface area contributed by atoms with Crippen molar-refractivity contribution in [3.63, 3.8) is 0 Å². The molecule has 1 aliphatic heterocycles. The third kappa shape index (κ3) is 4.87. The van der Waals surface area contributed by atoms with Crippen LogP contribution in [0.15, 0.2) is 59.5 Å². The third-order valence-corrected chi connectivity index (χ3v) is 6.28. The summed E-state index contributed by atoms with van der Waals surface area (Å²) in [7, 11) is -3.86. The molecule has 1 N–H and O–H groups in total. The predicted octanol–water partition coefficient (Wildman–Crippen LogP) is 2.49. The molecule has 7 heteroatoms. The summed E-state index contributed by atoms with van der Waals surface area (Å²) >= 11 is 0. The molecule has 0 radical (unpaired) electrons. The quantitative estimate of drug-likeness (QED) is 0.791. The fourth-order valence-corrected chi connectivity index (χ4v) is 4.41. The summed E-state index contributed by atoms with van der Waals surface area (Å²) in [5.74, 6) is -0.356. The van der Waals surface area contributed by atoms with Crippen LogP contribution in [0.2, 0.25) is 0 Å². The lowest BCUT2D eigenvalue weighted by molar-refractivity contribution is -0.120. The van der Waals surface area contributed by atoms with Crippen molar-refractivity contribution in [1.82, 2.24) is 5.32 Å². The highest BCUT2D eigenvalue weighted by molar-refractivity contribution is 7.92. The Kier molecular flexibility index (Phi) is 6.13. The molecule has 27 heavy (non-hydrogen) atoms. The van der Waals surface area contributed by atoms with Crippen molar-refractivity contribution in [2.24, 2.45) is 0 Å². The molecular weight excluding hydrogens is 364 g/mol. The van der Waals surface area contributed by atoms with E-state index in [1.165, 1.54) is 12.1 Å². The highest BCUT2D eigenvalue weighted by Gasteiger charge is 2.27. The molecule has 1 aliphatic rings. The lowest BCUT2D eigenvalue weighted by atomic mass is 10.2. The van der Waals surface area contributed by atoms with Crippen molar-refractivity contribution in [2.45, 2.75) is 30.8 Å². The number of sulfonamides is 1. The summed E-state index contributed by atoms with van der Waals surface area (Å²) in [6.45, 7) is 2.74. The smallest absolute Gasteiger partial charge is 0.264 e. The zero-order chi connectivity index (χ0) is 19.3. The fourth-order valence-electron chi connectivity index (χ4n) is 2.97. The minimum atomic E-state index is -3.86. The molecule has 1 saturated heterocycles. The Morgan fingerprint density at radius 2 is 1.85 bits per heavy atom. The summed E-state index contributed by atoms with van der Waals surface area (Å²) in [6.07, 6.45) is 1.90. The van der Waals surface area contributed by atoms with Gasteiger partial charge in [-0.15, -0.1) is 0 Å². The second kappa shape index (κ2) is 8.54. The molecule has 0 unspecified atom stereocenters. The molecule has 2 aromatic rings. The largest absolute Gasteiger partial charge is 0.376 e. The van der Waals surface area contributed by atoms with E-state index in [9.17, 15) is 13.2 Å². The average Bonchev–Trinajstić information content (AvgIpc) is 3.19. The van der Waals surface area contributed by atoms with Gasteiger partial charge in [0.15, 0.2) is 0 Å². The molecule has 0 aromatic heterocycles. The maximum atomic E-state index is 13.1. The first-order valence-corrected chi connectivity index (χ1v) is 10.4. The van der Waals surface area contributed by atoms with E-state index in [-0.39, 0.29) is 23.5 Å². The van der Waals surface area contributed by atoms with E-state index in [1.807, 2.05) is 19.1 Å². The monoisotopic (exact) mass is 388 g/mol. The summed E-state index contributed by atoms with van der Waals surface area (Å²) in [6, 6.07) is 15.2. The van der Waals surface area contributed by atoms with Crippen molar-refractivity contribution in [1.29, 1.82) is 0 Å². The van der Waals surface area contributed by atoms with Crippen LogP contribution in [-0.2, 0) is 19.6 Å². The standard InChI is InChI=1S/C20H24N2O4S/c1-16-9-11-17(12-10-16)22(27(24,25)19-7-3-2-4-8-19)15-20(23)21-14-18-6-5-13-26-18/h2-4,7-12,18H,5-6,13-15H2,1H3,(H,21,23)/t18-/m0/s1. The van der Waals surface area contributed by atoms with E-state index >= 15 is 0 Å². The van der Waals surface area contributed by atoms with Gasteiger partial charge in [0.05, 0.1) is 16.7 Å². The first kappa shape index (κ1) is 19.4. The Morgan fingerprint density at radius 3 is 2.48 bits per heavy atom. The first-order valence-electron chi connectivity index (χ1n) is 8.99. The lowest BCUT2D eigenvalue weighted by Crippen LogP contribution is -2.42. The van der Waals surface area contributed by atoms with Crippen LogP contribution < -0.4 is 9.62 Å². The Balaban J connectivity index is 1.81. The number of amides is 1. The van der Waals surface area contributed by atoms with Crippen LogP contribution in [0.25, 0.3) is 0 Å². The number of nitrogens with one attached hydrogen (secondary N) is 1. The molecule has 2 aromatic carbocycles. The molecule has 6 nitrogen and oxygen atoms in total. The molecule has 1 atom stereocenters. The van der Waals surface area contributed by atoms with Crippen LogP contribution in [0.3, 0.4) is 0 Å². The highest BCUT2D eigenvalue weighted by atomic mass is 32.2. The van der Waals surface area contributed by atoms with Crippen molar-refractivity contribution >= 4 is 21.6 Å².